The molecular formula is C14H21N3O. The molecule has 2 rings (SSSR count). The van der Waals surface area contributed by atoms with Crippen molar-refractivity contribution in [3.8, 4) is 0 Å². The highest BCUT2D eigenvalue weighted by molar-refractivity contribution is 5.95. The summed E-state index contributed by atoms with van der Waals surface area (Å²) in [5, 5.41) is 6.25. The summed E-state index contributed by atoms with van der Waals surface area (Å²) in [6.45, 7) is 3.72. The molecule has 0 spiro atoms. The van der Waals surface area contributed by atoms with E-state index in [1.807, 2.05) is 32.3 Å². The van der Waals surface area contributed by atoms with Crippen LogP contribution < -0.4 is 10.6 Å². The molecule has 1 aromatic rings. The van der Waals surface area contributed by atoms with Crippen LogP contribution in [0.25, 0.3) is 0 Å². The lowest BCUT2D eigenvalue weighted by atomic mass is 10.1. The lowest BCUT2D eigenvalue weighted by Crippen LogP contribution is -2.38. The Morgan fingerprint density at radius 1 is 1.50 bits per heavy atom. The van der Waals surface area contributed by atoms with Crippen LogP contribution in [0.1, 0.15) is 22.8 Å². The van der Waals surface area contributed by atoms with Crippen LogP contribution >= 0.6 is 0 Å². The van der Waals surface area contributed by atoms with Gasteiger partial charge in [0.05, 0.1) is 0 Å². The summed E-state index contributed by atoms with van der Waals surface area (Å²) in [4.78, 5) is 14.1. The van der Waals surface area contributed by atoms with Crippen LogP contribution in [0.2, 0.25) is 0 Å². The highest BCUT2D eigenvalue weighted by atomic mass is 16.1. The van der Waals surface area contributed by atoms with Crippen molar-refractivity contribution >= 4 is 11.6 Å². The second-order valence-corrected chi connectivity index (χ2v) is 5.07. The summed E-state index contributed by atoms with van der Waals surface area (Å²) < 4.78 is 0. The fourth-order valence-electron chi connectivity index (χ4n) is 1.96. The maximum absolute atomic E-state index is 12.0. The molecule has 0 saturated heterocycles. The van der Waals surface area contributed by atoms with Crippen LogP contribution in [0.4, 0.5) is 5.69 Å². The molecule has 4 nitrogen and oxygen atoms in total. The zero-order valence-corrected chi connectivity index (χ0v) is 11.3. The van der Waals surface area contributed by atoms with Gasteiger partial charge in [0, 0.05) is 30.4 Å². The summed E-state index contributed by atoms with van der Waals surface area (Å²) in [5.74, 6) is 0.000185. The smallest absolute Gasteiger partial charge is 0.251 e. The van der Waals surface area contributed by atoms with Crippen molar-refractivity contribution in [1.82, 2.24) is 10.2 Å². The van der Waals surface area contributed by atoms with E-state index in [9.17, 15) is 4.79 Å². The molecule has 0 saturated carbocycles. The SMILES string of the molecule is CC(CNC(=O)c1ccc2c(c1)NCC2)N(C)C. The first-order valence-electron chi connectivity index (χ1n) is 6.39. The molecule has 0 aliphatic carbocycles. The molecule has 1 amide bonds. The Labute approximate surface area is 108 Å². The van der Waals surface area contributed by atoms with Crippen molar-refractivity contribution in [3.63, 3.8) is 0 Å². The van der Waals surface area contributed by atoms with Gasteiger partial charge in [0.2, 0.25) is 0 Å². The van der Waals surface area contributed by atoms with Crippen molar-refractivity contribution in [2.75, 3.05) is 32.5 Å². The second kappa shape index (κ2) is 5.40. The van der Waals surface area contributed by atoms with Gasteiger partial charge < -0.3 is 15.5 Å². The third-order valence-corrected chi connectivity index (χ3v) is 3.52. The molecule has 1 atom stereocenters. The van der Waals surface area contributed by atoms with Gasteiger partial charge in [0.1, 0.15) is 0 Å². The standard InChI is InChI=1S/C14H21N3O/c1-10(17(2)3)9-16-14(18)12-5-4-11-6-7-15-13(11)8-12/h4-5,8,10,15H,6-7,9H2,1-3H3,(H,16,18). The van der Waals surface area contributed by atoms with Gasteiger partial charge in [0.15, 0.2) is 0 Å². The minimum Gasteiger partial charge on any atom is -0.384 e. The van der Waals surface area contributed by atoms with Gasteiger partial charge in [0.25, 0.3) is 5.91 Å². The number of anilines is 1. The van der Waals surface area contributed by atoms with Crippen molar-refractivity contribution in [3.05, 3.63) is 29.3 Å². The van der Waals surface area contributed by atoms with Crippen LogP contribution in [0.3, 0.4) is 0 Å². The van der Waals surface area contributed by atoms with Crippen LogP contribution in [-0.2, 0) is 6.42 Å². The molecule has 0 aromatic heterocycles. The largest absolute Gasteiger partial charge is 0.384 e. The number of carbonyl (C=O) groups is 1. The van der Waals surface area contributed by atoms with Crippen LogP contribution in [-0.4, -0.2) is 44.0 Å². The van der Waals surface area contributed by atoms with E-state index >= 15 is 0 Å². The van der Waals surface area contributed by atoms with Crippen LogP contribution in [0.15, 0.2) is 18.2 Å². The molecule has 0 bridgehead atoms. The van der Waals surface area contributed by atoms with Crippen molar-refractivity contribution < 1.29 is 4.79 Å². The van der Waals surface area contributed by atoms with Gasteiger partial charge in [-0.15, -0.1) is 0 Å². The van der Waals surface area contributed by atoms with E-state index < -0.39 is 0 Å². The van der Waals surface area contributed by atoms with E-state index in [1.165, 1.54) is 5.56 Å². The normalized spacial score (nSPS) is 15.1. The molecule has 1 heterocycles. The zero-order chi connectivity index (χ0) is 13.1. The van der Waals surface area contributed by atoms with E-state index in [4.69, 9.17) is 0 Å². The van der Waals surface area contributed by atoms with Gasteiger partial charge in [-0.3, -0.25) is 4.79 Å². The summed E-state index contributed by atoms with van der Waals surface area (Å²) >= 11 is 0. The molecule has 1 aliphatic heterocycles. The maximum atomic E-state index is 12.0. The molecule has 1 aliphatic rings. The van der Waals surface area contributed by atoms with Crippen LogP contribution in [0, 0.1) is 0 Å². The molecule has 1 unspecified atom stereocenters. The summed E-state index contributed by atoms with van der Waals surface area (Å²) in [7, 11) is 4.02. The molecule has 0 radical (unpaired) electrons. The number of nitrogens with zero attached hydrogens (tertiary/aromatic N) is 1. The predicted octanol–water partition coefficient (Wildman–Crippen LogP) is 1.33. The monoisotopic (exact) mass is 247 g/mol. The maximum Gasteiger partial charge on any atom is 0.251 e. The fourth-order valence-corrected chi connectivity index (χ4v) is 1.96. The van der Waals surface area contributed by atoms with Gasteiger partial charge >= 0.3 is 0 Å². The lowest BCUT2D eigenvalue weighted by molar-refractivity contribution is 0.0943. The second-order valence-electron chi connectivity index (χ2n) is 5.07. The molecule has 0 fully saturated rings. The van der Waals surface area contributed by atoms with Gasteiger partial charge in [-0.05, 0) is 45.1 Å². The molecule has 1 aromatic carbocycles. The van der Waals surface area contributed by atoms with E-state index in [0.717, 1.165) is 24.2 Å². The average molecular weight is 247 g/mol. The Morgan fingerprint density at radius 3 is 3.00 bits per heavy atom. The number of rotatable bonds is 4. The Bertz CT molecular complexity index is 443. The van der Waals surface area contributed by atoms with E-state index in [1.54, 1.807) is 0 Å². The van der Waals surface area contributed by atoms with E-state index in [-0.39, 0.29) is 5.91 Å². The Hall–Kier alpha value is -1.55. The number of hydrogen-bond acceptors (Lipinski definition) is 3. The van der Waals surface area contributed by atoms with Crippen LogP contribution in [0.5, 0.6) is 0 Å². The number of fused-ring (bicyclic) bond motifs is 1. The van der Waals surface area contributed by atoms with E-state index in [0.29, 0.717) is 12.6 Å². The van der Waals surface area contributed by atoms with Crippen molar-refractivity contribution in [1.29, 1.82) is 0 Å². The minimum atomic E-state index is 0.000185. The zero-order valence-electron chi connectivity index (χ0n) is 11.3. The third-order valence-electron chi connectivity index (χ3n) is 3.52. The Morgan fingerprint density at radius 2 is 2.28 bits per heavy atom. The average Bonchev–Trinajstić information content (AvgIpc) is 2.82. The molecule has 18 heavy (non-hydrogen) atoms. The quantitative estimate of drug-likeness (QED) is 0.844. The molecule has 98 valence electrons. The topological polar surface area (TPSA) is 44.4 Å². The molecular weight excluding hydrogens is 226 g/mol. The first kappa shape index (κ1) is 12.9. The number of nitrogens with one attached hydrogen (secondary N) is 2. The third kappa shape index (κ3) is 2.82. The molecule has 4 heteroatoms. The fraction of sp³-hybridized carbons (Fsp3) is 0.500. The Kier molecular flexibility index (Phi) is 3.87. The van der Waals surface area contributed by atoms with Gasteiger partial charge in [-0.1, -0.05) is 6.07 Å². The van der Waals surface area contributed by atoms with Gasteiger partial charge in [-0.25, -0.2) is 0 Å². The lowest BCUT2D eigenvalue weighted by Gasteiger charge is -2.20. The molecule has 2 N–H and O–H groups in total. The highest BCUT2D eigenvalue weighted by Crippen LogP contribution is 2.23. The number of carbonyl (C=O) groups excluding carboxylic acids is 1. The highest BCUT2D eigenvalue weighted by Gasteiger charge is 2.14. The predicted molar refractivity (Wildman–Crippen MR) is 74.1 cm³/mol. The number of benzene rings is 1. The van der Waals surface area contributed by atoms with Gasteiger partial charge in [-0.2, -0.15) is 0 Å². The first-order chi connectivity index (χ1) is 8.58. The Balaban J connectivity index is 1.97. The minimum absolute atomic E-state index is 0.000185. The van der Waals surface area contributed by atoms with E-state index in [2.05, 4.69) is 22.5 Å². The number of likely N-dealkylation sites (N-methyl/N-ethyl adjacent to an activating group) is 1. The van der Waals surface area contributed by atoms with Crippen molar-refractivity contribution in [2.24, 2.45) is 0 Å². The number of amides is 1. The van der Waals surface area contributed by atoms with Crippen molar-refractivity contribution in [2.45, 2.75) is 19.4 Å². The summed E-state index contributed by atoms with van der Waals surface area (Å²) in [5.41, 5.74) is 3.13. The first-order valence-corrected chi connectivity index (χ1v) is 6.39. The number of hydrogen-bond donors (Lipinski definition) is 2. The summed E-state index contributed by atoms with van der Waals surface area (Å²) in [6.07, 6.45) is 1.05. The summed E-state index contributed by atoms with van der Waals surface area (Å²) in [6, 6.07) is 6.22.